The predicted octanol–water partition coefficient (Wildman–Crippen LogP) is 0.195. The highest BCUT2D eigenvalue weighted by molar-refractivity contribution is 7.89. The van der Waals surface area contributed by atoms with Gasteiger partial charge in [0.1, 0.15) is 4.90 Å². The van der Waals surface area contributed by atoms with Crippen LogP contribution in [0.3, 0.4) is 0 Å². The fourth-order valence-corrected chi connectivity index (χ4v) is 4.47. The Morgan fingerprint density at radius 3 is 2.59 bits per heavy atom. The second-order valence-electron chi connectivity index (χ2n) is 5.19. The minimum Gasteiger partial charge on any atom is -0.476 e. The van der Waals surface area contributed by atoms with E-state index in [4.69, 9.17) is 5.11 Å². The zero-order valence-electron chi connectivity index (χ0n) is 12.0. The van der Waals surface area contributed by atoms with Gasteiger partial charge in [-0.15, -0.1) is 0 Å². The first-order chi connectivity index (χ1) is 10.3. The van der Waals surface area contributed by atoms with Gasteiger partial charge in [0.15, 0.2) is 5.69 Å². The van der Waals surface area contributed by atoms with Gasteiger partial charge in [-0.1, -0.05) is 0 Å². The largest absolute Gasteiger partial charge is 0.476 e. The first kappa shape index (κ1) is 14.7. The van der Waals surface area contributed by atoms with Crippen LogP contribution >= 0.6 is 0 Å². The van der Waals surface area contributed by atoms with Crippen LogP contribution in [0.1, 0.15) is 33.1 Å². The molecule has 1 aliphatic heterocycles. The summed E-state index contributed by atoms with van der Waals surface area (Å²) in [6, 6.07) is 0. The summed E-state index contributed by atoms with van der Waals surface area (Å²) in [4.78, 5) is 11.2. The van der Waals surface area contributed by atoms with Crippen molar-refractivity contribution in [1.82, 2.24) is 24.7 Å². The zero-order valence-corrected chi connectivity index (χ0v) is 12.9. The quantitative estimate of drug-likeness (QED) is 0.738. The van der Waals surface area contributed by atoms with E-state index in [1.807, 2.05) is 0 Å². The van der Waals surface area contributed by atoms with Crippen molar-refractivity contribution in [3.05, 3.63) is 28.3 Å². The van der Waals surface area contributed by atoms with Crippen LogP contribution < -0.4 is 0 Å². The van der Waals surface area contributed by atoms with Crippen LogP contribution in [0.2, 0.25) is 0 Å². The Morgan fingerprint density at radius 1 is 1.27 bits per heavy atom. The fourth-order valence-electron chi connectivity index (χ4n) is 2.73. The maximum atomic E-state index is 12.8. The summed E-state index contributed by atoms with van der Waals surface area (Å²) in [5, 5.41) is 22.0. The molecule has 2 aromatic heterocycles. The van der Waals surface area contributed by atoms with E-state index in [2.05, 4.69) is 20.4 Å². The number of carboxylic acids is 1. The Labute approximate surface area is 126 Å². The molecule has 3 rings (SSSR count). The van der Waals surface area contributed by atoms with Gasteiger partial charge in [-0.05, 0) is 20.3 Å². The summed E-state index contributed by atoms with van der Waals surface area (Å²) in [6.07, 6.45) is 0.308. The Hall–Kier alpha value is -2.20. The van der Waals surface area contributed by atoms with Crippen molar-refractivity contribution in [2.75, 3.05) is 6.54 Å². The van der Waals surface area contributed by atoms with Crippen LogP contribution in [0.15, 0.2) is 4.90 Å². The molecule has 0 saturated heterocycles. The molecular weight excluding hydrogens is 310 g/mol. The van der Waals surface area contributed by atoms with E-state index in [0.717, 1.165) is 0 Å². The number of H-pyrrole nitrogens is 2. The highest BCUT2D eigenvalue weighted by Gasteiger charge is 2.34. The zero-order chi connectivity index (χ0) is 16.1. The number of aromatic carboxylic acids is 1. The Bertz CT molecular complexity index is 831. The van der Waals surface area contributed by atoms with E-state index in [0.29, 0.717) is 29.1 Å². The average molecular weight is 325 g/mol. The molecule has 10 heteroatoms. The van der Waals surface area contributed by atoms with Gasteiger partial charge in [-0.25, -0.2) is 13.2 Å². The van der Waals surface area contributed by atoms with Crippen molar-refractivity contribution >= 4 is 16.0 Å². The molecule has 2 aromatic rings. The van der Waals surface area contributed by atoms with Crippen molar-refractivity contribution in [2.24, 2.45) is 0 Å². The molecule has 22 heavy (non-hydrogen) atoms. The molecule has 1 aliphatic rings. The molecule has 0 amide bonds. The molecule has 0 saturated carbocycles. The number of nitrogens with zero attached hydrogens (tertiary/aromatic N) is 3. The lowest BCUT2D eigenvalue weighted by molar-refractivity contribution is 0.0689. The third-order valence-corrected chi connectivity index (χ3v) is 5.87. The van der Waals surface area contributed by atoms with E-state index in [-0.39, 0.29) is 23.7 Å². The Balaban J connectivity index is 1.97. The molecule has 0 aliphatic carbocycles. The van der Waals surface area contributed by atoms with Gasteiger partial charge in [0.25, 0.3) is 0 Å². The van der Waals surface area contributed by atoms with Gasteiger partial charge in [-0.2, -0.15) is 14.5 Å². The van der Waals surface area contributed by atoms with Gasteiger partial charge in [0, 0.05) is 12.1 Å². The minimum absolute atomic E-state index is 0.0391. The van der Waals surface area contributed by atoms with Crippen LogP contribution in [0.25, 0.3) is 0 Å². The number of carbonyl (C=O) groups is 1. The number of fused-ring (bicyclic) bond motifs is 1. The standard InChI is InChI=1S/C12H15N5O4S/c1-6-11(7(2)14-13-6)22(20,21)17-4-3-8-9(5-17)15-16-10(8)12(18)19/h3-5H2,1-2H3,(H,13,14)(H,15,16)(H,18,19). The summed E-state index contributed by atoms with van der Waals surface area (Å²) < 4.78 is 26.8. The van der Waals surface area contributed by atoms with Crippen LogP contribution in [0.5, 0.6) is 0 Å². The third kappa shape index (κ3) is 2.11. The van der Waals surface area contributed by atoms with Crippen LogP contribution in [0.4, 0.5) is 0 Å². The first-order valence-electron chi connectivity index (χ1n) is 6.63. The highest BCUT2D eigenvalue weighted by Crippen LogP contribution is 2.27. The number of rotatable bonds is 3. The number of aryl methyl sites for hydroxylation is 2. The Morgan fingerprint density at radius 2 is 2.00 bits per heavy atom. The summed E-state index contributed by atoms with van der Waals surface area (Å²) >= 11 is 0. The van der Waals surface area contributed by atoms with E-state index >= 15 is 0 Å². The summed E-state index contributed by atoms with van der Waals surface area (Å²) in [7, 11) is -3.69. The van der Waals surface area contributed by atoms with E-state index in [1.54, 1.807) is 13.8 Å². The predicted molar refractivity (Wildman–Crippen MR) is 74.9 cm³/mol. The lowest BCUT2D eigenvalue weighted by Crippen LogP contribution is -2.36. The van der Waals surface area contributed by atoms with Crippen molar-refractivity contribution in [3.63, 3.8) is 0 Å². The topological polar surface area (TPSA) is 132 Å². The van der Waals surface area contributed by atoms with E-state index < -0.39 is 16.0 Å². The molecule has 3 heterocycles. The second-order valence-corrected chi connectivity index (χ2v) is 7.06. The van der Waals surface area contributed by atoms with Crippen molar-refractivity contribution in [3.8, 4) is 0 Å². The monoisotopic (exact) mass is 325 g/mol. The maximum Gasteiger partial charge on any atom is 0.356 e. The van der Waals surface area contributed by atoms with Crippen LogP contribution in [-0.2, 0) is 23.0 Å². The van der Waals surface area contributed by atoms with E-state index in [9.17, 15) is 13.2 Å². The fraction of sp³-hybridized carbons (Fsp3) is 0.417. The highest BCUT2D eigenvalue weighted by atomic mass is 32.2. The van der Waals surface area contributed by atoms with Crippen molar-refractivity contribution in [1.29, 1.82) is 0 Å². The van der Waals surface area contributed by atoms with Crippen LogP contribution in [0, 0.1) is 13.8 Å². The summed E-state index contributed by atoms with van der Waals surface area (Å²) in [5.74, 6) is -1.12. The normalized spacial score (nSPS) is 15.7. The molecule has 0 fully saturated rings. The van der Waals surface area contributed by atoms with Gasteiger partial charge in [0.05, 0.1) is 23.6 Å². The van der Waals surface area contributed by atoms with Gasteiger partial charge >= 0.3 is 5.97 Å². The number of aromatic nitrogens is 4. The molecule has 0 radical (unpaired) electrons. The molecule has 0 atom stereocenters. The maximum absolute atomic E-state index is 12.8. The van der Waals surface area contributed by atoms with Gasteiger partial charge in [-0.3, -0.25) is 10.2 Å². The Kier molecular flexibility index (Phi) is 3.29. The molecular formula is C12H15N5O4S. The van der Waals surface area contributed by atoms with Crippen molar-refractivity contribution in [2.45, 2.75) is 31.7 Å². The van der Waals surface area contributed by atoms with Crippen LogP contribution in [-0.4, -0.2) is 50.7 Å². The summed E-state index contributed by atoms with van der Waals surface area (Å²) in [5.41, 5.74) is 1.95. The molecule has 0 spiro atoms. The average Bonchev–Trinajstić information content (AvgIpc) is 3.01. The number of carboxylic acid groups (broad SMARTS) is 1. The lowest BCUT2D eigenvalue weighted by atomic mass is 10.1. The second kappa shape index (κ2) is 4.92. The molecule has 0 bridgehead atoms. The van der Waals surface area contributed by atoms with Crippen molar-refractivity contribution < 1.29 is 18.3 Å². The molecule has 0 unspecified atom stereocenters. The molecule has 118 valence electrons. The third-order valence-electron chi connectivity index (χ3n) is 3.76. The molecule has 0 aromatic carbocycles. The first-order valence-corrected chi connectivity index (χ1v) is 8.07. The molecule has 3 N–H and O–H groups in total. The lowest BCUT2D eigenvalue weighted by Gasteiger charge is -2.26. The number of aromatic amines is 2. The number of hydrogen-bond donors (Lipinski definition) is 3. The number of sulfonamides is 1. The summed E-state index contributed by atoms with van der Waals surface area (Å²) in [6.45, 7) is 3.56. The number of hydrogen-bond acceptors (Lipinski definition) is 5. The minimum atomic E-state index is -3.69. The SMILES string of the molecule is Cc1n[nH]c(C)c1S(=O)(=O)N1CCc2c(C(=O)O)n[nH]c2C1. The van der Waals surface area contributed by atoms with E-state index in [1.165, 1.54) is 4.31 Å². The van der Waals surface area contributed by atoms with Gasteiger partial charge < -0.3 is 5.11 Å². The van der Waals surface area contributed by atoms with Gasteiger partial charge in [0.2, 0.25) is 10.0 Å². The number of nitrogens with one attached hydrogen (secondary N) is 2. The molecule has 9 nitrogen and oxygen atoms in total. The smallest absolute Gasteiger partial charge is 0.356 e.